The minimum Gasteiger partial charge on any atom is -0.508 e. The van der Waals surface area contributed by atoms with Crippen LogP contribution in [0.5, 0.6) is 5.75 Å². The summed E-state index contributed by atoms with van der Waals surface area (Å²) < 4.78 is 5.75. The van der Waals surface area contributed by atoms with Gasteiger partial charge < -0.3 is 20.6 Å². The van der Waals surface area contributed by atoms with Crippen molar-refractivity contribution in [2.75, 3.05) is 0 Å². The lowest BCUT2D eigenvalue weighted by Crippen LogP contribution is -2.72. The summed E-state index contributed by atoms with van der Waals surface area (Å²) in [6, 6.07) is 4.35. The van der Waals surface area contributed by atoms with Gasteiger partial charge in [0, 0.05) is 28.9 Å². The van der Waals surface area contributed by atoms with Gasteiger partial charge in [-0.05, 0) is 44.5 Å². The highest BCUT2D eigenvalue weighted by Crippen LogP contribution is 2.27. The highest BCUT2D eigenvalue weighted by atomic mass is 16.5. The van der Waals surface area contributed by atoms with Crippen LogP contribution < -0.4 is 5.73 Å². The number of hydrogen-bond donors (Lipinski definition) is 3. The molecular formula is C21H31N2O4+. The van der Waals surface area contributed by atoms with Gasteiger partial charge in [0.25, 0.3) is 0 Å². The number of aromatic nitrogens is 1. The van der Waals surface area contributed by atoms with Crippen LogP contribution in [0, 0.1) is 10.8 Å². The second-order valence-corrected chi connectivity index (χ2v) is 9.16. The lowest BCUT2D eigenvalue weighted by atomic mass is 9.83. The molecular weight excluding hydrogens is 344 g/mol. The Morgan fingerprint density at radius 3 is 2.33 bits per heavy atom. The molecule has 1 aromatic heterocycles. The van der Waals surface area contributed by atoms with Gasteiger partial charge in [0.15, 0.2) is 17.9 Å². The molecule has 2 unspecified atom stereocenters. The Labute approximate surface area is 160 Å². The normalized spacial score (nSPS) is 14.8. The SMILES string of the molecule is CC(C)(C)C(=O)OC(Cc1c[nH]c2ccc(O)cc12)C([NH3+])C(=O)C(C)(C)C. The Hall–Kier alpha value is -2.34. The van der Waals surface area contributed by atoms with E-state index in [1.54, 1.807) is 39.0 Å². The third kappa shape index (κ3) is 4.89. The quantitative estimate of drug-likeness (QED) is 0.698. The summed E-state index contributed by atoms with van der Waals surface area (Å²) >= 11 is 0. The largest absolute Gasteiger partial charge is 0.508 e. The first-order chi connectivity index (χ1) is 12.3. The zero-order valence-electron chi connectivity index (χ0n) is 17.1. The van der Waals surface area contributed by atoms with E-state index < -0.39 is 23.0 Å². The van der Waals surface area contributed by atoms with Crippen LogP contribution >= 0.6 is 0 Å². The van der Waals surface area contributed by atoms with Crippen LogP contribution in [0.1, 0.15) is 47.1 Å². The summed E-state index contributed by atoms with van der Waals surface area (Å²) in [5.41, 5.74) is 4.50. The molecule has 0 amide bonds. The number of carbonyl (C=O) groups is 2. The molecule has 148 valence electrons. The number of fused-ring (bicyclic) bond motifs is 1. The highest BCUT2D eigenvalue weighted by Gasteiger charge is 2.39. The van der Waals surface area contributed by atoms with E-state index in [2.05, 4.69) is 10.7 Å². The number of Topliss-reactive ketones (excluding diaryl/α,β-unsaturated/α-hetero) is 1. The van der Waals surface area contributed by atoms with Crippen molar-refractivity contribution in [3.05, 3.63) is 30.0 Å². The summed E-state index contributed by atoms with van der Waals surface area (Å²) in [5, 5.41) is 10.6. The maximum Gasteiger partial charge on any atom is 0.311 e. The first-order valence-corrected chi connectivity index (χ1v) is 9.18. The molecule has 27 heavy (non-hydrogen) atoms. The molecule has 2 aromatic rings. The van der Waals surface area contributed by atoms with Gasteiger partial charge in [-0.2, -0.15) is 0 Å². The van der Waals surface area contributed by atoms with Crippen molar-refractivity contribution in [3.63, 3.8) is 0 Å². The molecule has 0 radical (unpaired) electrons. The molecule has 0 saturated heterocycles. The van der Waals surface area contributed by atoms with E-state index >= 15 is 0 Å². The number of ketones is 1. The molecule has 1 heterocycles. The molecule has 6 nitrogen and oxygen atoms in total. The lowest BCUT2D eigenvalue weighted by Gasteiger charge is -2.28. The zero-order valence-corrected chi connectivity index (χ0v) is 17.1. The summed E-state index contributed by atoms with van der Waals surface area (Å²) in [4.78, 5) is 28.4. The van der Waals surface area contributed by atoms with Crippen LogP contribution in [0.15, 0.2) is 24.4 Å². The Morgan fingerprint density at radius 2 is 1.78 bits per heavy atom. The highest BCUT2D eigenvalue weighted by molar-refractivity contribution is 5.89. The molecule has 2 atom stereocenters. The molecule has 0 spiro atoms. The van der Waals surface area contributed by atoms with E-state index in [4.69, 9.17) is 4.74 Å². The number of aromatic hydroxyl groups is 1. The molecule has 1 aromatic carbocycles. The van der Waals surface area contributed by atoms with Crippen LogP contribution in [-0.2, 0) is 20.7 Å². The molecule has 0 fully saturated rings. The molecule has 2 rings (SSSR count). The van der Waals surface area contributed by atoms with Crippen molar-refractivity contribution in [1.29, 1.82) is 0 Å². The van der Waals surface area contributed by atoms with Crippen LogP contribution in [-0.4, -0.2) is 34.0 Å². The third-order valence-electron chi connectivity index (χ3n) is 4.57. The van der Waals surface area contributed by atoms with Gasteiger partial charge in [-0.25, -0.2) is 0 Å². The van der Waals surface area contributed by atoms with Gasteiger partial charge >= 0.3 is 5.97 Å². The summed E-state index contributed by atoms with van der Waals surface area (Å²) in [5.74, 6) is -0.272. The van der Waals surface area contributed by atoms with Gasteiger partial charge in [0.1, 0.15) is 5.75 Å². The minimum atomic E-state index is -0.696. The fourth-order valence-corrected chi connectivity index (χ4v) is 2.86. The number of rotatable bonds is 5. The Bertz CT molecular complexity index is 840. The Kier molecular flexibility index (Phi) is 5.71. The Morgan fingerprint density at radius 1 is 1.15 bits per heavy atom. The zero-order chi connectivity index (χ0) is 20.6. The summed E-state index contributed by atoms with van der Waals surface area (Å²) in [6.07, 6.45) is 1.46. The summed E-state index contributed by atoms with van der Waals surface area (Å²) in [7, 11) is 0. The third-order valence-corrected chi connectivity index (χ3v) is 4.57. The average molecular weight is 375 g/mol. The van der Waals surface area contributed by atoms with Gasteiger partial charge in [-0.15, -0.1) is 0 Å². The fraction of sp³-hybridized carbons (Fsp3) is 0.524. The smallest absolute Gasteiger partial charge is 0.311 e. The number of esters is 1. The number of nitrogens with one attached hydrogen (secondary N) is 1. The van der Waals surface area contributed by atoms with Crippen molar-refractivity contribution in [2.24, 2.45) is 10.8 Å². The first kappa shape index (κ1) is 21.0. The topological polar surface area (TPSA) is 107 Å². The predicted molar refractivity (Wildman–Crippen MR) is 104 cm³/mol. The lowest BCUT2D eigenvalue weighted by molar-refractivity contribution is -0.421. The van der Waals surface area contributed by atoms with Crippen molar-refractivity contribution in [1.82, 2.24) is 4.98 Å². The van der Waals surface area contributed by atoms with Crippen LogP contribution in [0.2, 0.25) is 0 Å². The molecule has 0 bridgehead atoms. The number of aromatic amines is 1. The predicted octanol–water partition coefficient (Wildman–Crippen LogP) is 2.60. The molecule has 0 saturated carbocycles. The van der Waals surface area contributed by atoms with Crippen LogP contribution in [0.4, 0.5) is 0 Å². The van der Waals surface area contributed by atoms with Gasteiger partial charge in [-0.3, -0.25) is 9.59 Å². The standard InChI is InChI=1S/C21H30N2O4/c1-20(2,3)18(25)17(22)16(27-19(26)21(4,5)6)9-12-11-23-15-8-7-13(24)10-14(12)15/h7-8,10-11,16-17,23-24H,9,22H2,1-6H3/p+1. The van der Waals surface area contributed by atoms with E-state index in [1.807, 2.05) is 27.0 Å². The molecule has 0 aliphatic carbocycles. The summed E-state index contributed by atoms with van der Waals surface area (Å²) in [6.45, 7) is 10.8. The maximum absolute atomic E-state index is 12.8. The second kappa shape index (κ2) is 7.35. The van der Waals surface area contributed by atoms with Crippen LogP contribution in [0.25, 0.3) is 10.9 Å². The van der Waals surface area contributed by atoms with Gasteiger partial charge in [0.05, 0.1) is 5.41 Å². The molecule has 0 aliphatic rings. The van der Waals surface area contributed by atoms with Crippen molar-refractivity contribution < 1.29 is 25.2 Å². The number of carbonyl (C=O) groups excluding carboxylic acids is 2. The van der Waals surface area contributed by atoms with E-state index in [0.29, 0.717) is 6.42 Å². The maximum atomic E-state index is 12.8. The first-order valence-electron chi connectivity index (χ1n) is 9.18. The van der Waals surface area contributed by atoms with E-state index in [9.17, 15) is 14.7 Å². The monoisotopic (exact) mass is 375 g/mol. The van der Waals surface area contributed by atoms with Crippen LogP contribution in [0.3, 0.4) is 0 Å². The minimum absolute atomic E-state index is 0.0584. The van der Waals surface area contributed by atoms with Crippen molar-refractivity contribution in [2.45, 2.75) is 60.1 Å². The number of ether oxygens (including phenoxy) is 1. The Balaban J connectivity index is 2.37. The number of phenolic OH excluding ortho intramolecular Hbond substituents is 1. The van der Waals surface area contributed by atoms with Gasteiger partial charge in [0.2, 0.25) is 0 Å². The number of hydrogen-bond acceptors (Lipinski definition) is 4. The molecule has 0 aliphatic heterocycles. The number of benzene rings is 1. The number of phenols is 1. The van der Waals surface area contributed by atoms with Gasteiger partial charge in [-0.1, -0.05) is 20.8 Å². The average Bonchev–Trinajstić information content (AvgIpc) is 2.93. The van der Waals surface area contributed by atoms with E-state index in [0.717, 1.165) is 16.5 Å². The molecule has 5 N–H and O–H groups in total. The van der Waals surface area contributed by atoms with Crippen molar-refractivity contribution >= 4 is 22.7 Å². The van der Waals surface area contributed by atoms with Crippen molar-refractivity contribution in [3.8, 4) is 5.75 Å². The fourth-order valence-electron chi connectivity index (χ4n) is 2.86. The van der Waals surface area contributed by atoms with E-state index in [1.165, 1.54) is 0 Å². The second-order valence-electron chi connectivity index (χ2n) is 9.16. The number of H-pyrrole nitrogens is 1. The van der Waals surface area contributed by atoms with E-state index in [-0.39, 0.29) is 17.5 Å². The molecule has 6 heteroatoms. The number of quaternary nitrogens is 1.